The Hall–Kier alpha value is -1.13. The lowest BCUT2D eigenvalue weighted by Crippen LogP contribution is -2.19. The van der Waals surface area contributed by atoms with E-state index in [0.29, 0.717) is 12.3 Å². The summed E-state index contributed by atoms with van der Waals surface area (Å²) in [4.78, 5) is 0. The summed E-state index contributed by atoms with van der Waals surface area (Å²) in [5.74, 6) is 1.60. The van der Waals surface area contributed by atoms with Crippen LogP contribution in [-0.2, 0) is 17.3 Å². The van der Waals surface area contributed by atoms with Gasteiger partial charge in [-0.2, -0.15) is 0 Å². The van der Waals surface area contributed by atoms with Gasteiger partial charge < -0.3 is 9.73 Å². The van der Waals surface area contributed by atoms with Crippen LogP contribution < -0.4 is 5.32 Å². The molecule has 0 aliphatic heterocycles. The fourth-order valence-corrected chi connectivity index (χ4v) is 1.98. The molecular weight excluding hydrogens is 222 g/mol. The molecule has 0 amide bonds. The SMILES string of the molecule is CS(=O)CCNCc1cc2ccccc2o1. The van der Waals surface area contributed by atoms with Gasteiger partial charge in [0.1, 0.15) is 11.3 Å². The molecule has 16 heavy (non-hydrogen) atoms. The highest BCUT2D eigenvalue weighted by Gasteiger charge is 2.01. The molecule has 1 aromatic carbocycles. The van der Waals surface area contributed by atoms with Gasteiger partial charge in [0.25, 0.3) is 0 Å². The van der Waals surface area contributed by atoms with Crippen LogP contribution in [0.15, 0.2) is 34.7 Å². The van der Waals surface area contributed by atoms with Crippen molar-refractivity contribution in [3.8, 4) is 0 Å². The third kappa shape index (κ3) is 2.93. The lowest BCUT2D eigenvalue weighted by molar-refractivity contribution is 0.520. The van der Waals surface area contributed by atoms with Crippen LogP contribution in [0, 0.1) is 0 Å². The topological polar surface area (TPSA) is 42.2 Å². The molecule has 1 atom stereocenters. The Kier molecular flexibility index (Phi) is 3.74. The fraction of sp³-hybridized carbons (Fsp3) is 0.333. The van der Waals surface area contributed by atoms with Gasteiger partial charge in [0, 0.05) is 34.7 Å². The summed E-state index contributed by atoms with van der Waals surface area (Å²) >= 11 is 0. The van der Waals surface area contributed by atoms with Crippen molar-refractivity contribution >= 4 is 21.8 Å². The van der Waals surface area contributed by atoms with Gasteiger partial charge in [-0.15, -0.1) is 0 Å². The average Bonchev–Trinajstić information content (AvgIpc) is 2.66. The molecule has 3 nitrogen and oxygen atoms in total. The molecule has 86 valence electrons. The van der Waals surface area contributed by atoms with E-state index in [0.717, 1.165) is 23.3 Å². The van der Waals surface area contributed by atoms with Crippen LogP contribution in [-0.4, -0.2) is 22.8 Å². The largest absolute Gasteiger partial charge is 0.460 e. The Balaban J connectivity index is 1.92. The van der Waals surface area contributed by atoms with Gasteiger partial charge in [-0.05, 0) is 12.1 Å². The van der Waals surface area contributed by atoms with E-state index >= 15 is 0 Å². The summed E-state index contributed by atoms with van der Waals surface area (Å²) in [5, 5.41) is 4.33. The monoisotopic (exact) mass is 237 g/mol. The van der Waals surface area contributed by atoms with Gasteiger partial charge in [0.15, 0.2) is 0 Å². The lowest BCUT2D eigenvalue weighted by atomic mass is 10.2. The van der Waals surface area contributed by atoms with Gasteiger partial charge in [-0.25, -0.2) is 0 Å². The van der Waals surface area contributed by atoms with Crippen molar-refractivity contribution in [1.82, 2.24) is 5.32 Å². The zero-order valence-electron chi connectivity index (χ0n) is 9.23. The number of rotatable bonds is 5. The Morgan fingerprint density at radius 2 is 2.19 bits per heavy atom. The first-order valence-corrected chi connectivity index (χ1v) is 6.96. The van der Waals surface area contributed by atoms with E-state index in [-0.39, 0.29) is 0 Å². The Bertz CT molecular complexity index is 459. The molecule has 1 aromatic heterocycles. The van der Waals surface area contributed by atoms with Crippen molar-refractivity contribution in [2.24, 2.45) is 0 Å². The predicted octanol–water partition coefficient (Wildman–Crippen LogP) is 1.90. The second-order valence-electron chi connectivity index (χ2n) is 3.70. The number of hydrogen-bond acceptors (Lipinski definition) is 3. The molecule has 4 heteroatoms. The molecule has 0 aliphatic carbocycles. The molecule has 0 fully saturated rings. The molecule has 0 saturated heterocycles. The van der Waals surface area contributed by atoms with Gasteiger partial charge in [0.2, 0.25) is 0 Å². The molecular formula is C12H15NO2S. The first-order valence-electron chi connectivity index (χ1n) is 5.24. The number of benzene rings is 1. The van der Waals surface area contributed by atoms with Crippen molar-refractivity contribution in [2.75, 3.05) is 18.6 Å². The van der Waals surface area contributed by atoms with E-state index in [4.69, 9.17) is 4.42 Å². The minimum absolute atomic E-state index is 0.681. The van der Waals surface area contributed by atoms with Crippen LogP contribution in [0.4, 0.5) is 0 Å². The minimum Gasteiger partial charge on any atom is -0.460 e. The summed E-state index contributed by atoms with van der Waals surface area (Å²) in [6.45, 7) is 1.44. The normalized spacial score (nSPS) is 13.1. The van der Waals surface area contributed by atoms with E-state index in [1.54, 1.807) is 6.26 Å². The molecule has 0 spiro atoms. The number of fused-ring (bicyclic) bond motifs is 1. The second-order valence-corrected chi connectivity index (χ2v) is 5.26. The molecule has 1 heterocycles. The molecule has 0 bridgehead atoms. The number of hydrogen-bond donors (Lipinski definition) is 1. The fourth-order valence-electron chi connectivity index (χ4n) is 1.55. The Morgan fingerprint density at radius 1 is 1.38 bits per heavy atom. The molecule has 0 saturated carbocycles. The molecule has 1 unspecified atom stereocenters. The smallest absolute Gasteiger partial charge is 0.134 e. The molecule has 1 N–H and O–H groups in total. The highest BCUT2D eigenvalue weighted by molar-refractivity contribution is 7.84. The van der Waals surface area contributed by atoms with Crippen molar-refractivity contribution in [2.45, 2.75) is 6.54 Å². The standard InChI is InChI=1S/C12H15NO2S/c1-16(14)7-6-13-9-11-8-10-4-2-3-5-12(10)15-11/h2-5,8,13H,6-7,9H2,1H3. The van der Waals surface area contributed by atoms with E-state index in [1.165, 1.54) is 0 Å². The number of furan rings is 1. The quantitative estimate of drug-likeness (QED) is 0.808. The van der Waals surface area contributed by atoms with Crippen LogP contribution in [0.5, 0.6) is 0 Å². The summed E-state index contributed by atoms with van der Waals surface area (Å²) in [6, 6.07) is 9.98. The Morgan fingerprint density at radius 3 is 2.94 bits per heavy atom. The average molecular weight is 237 g/mol. The van der Waals surface area contributed by atoms with E-state index < -0.39 is 10.8 Å². The zero-order valence-corrected chi connectivity index (χ0v) is 10.0. The summed E-state index contributed by atoms with van der Waals surface area (Å²) in [5.41, 5.74) is 0.915. The van der Waals surface area contributed by atoms with Crippen LogP contribution in [0.25, 0.3) is 11.0 Å². The van der Waals surface area contributed by atoms with E-state index in [1.807, 2.05) is 30.3 Å². The maximum atomic E-state index is 10.8. The maximum Gasteiger partial charge on any atom is 0.134 e. The van der Waals surface area contributed by atoms with Gasteiger partial charge in [-0.1, -0.05) is 18.2 Å². The van der Waals surface area contributed by atoms with Crippen LogP contribution in [0.1, 0.15) is 5.76 Å². The number of para-hydroxylation sites is 1. The number of nitrogens with one attached hydrogen (secondary N) is 1. The van der Waals surface area contributed by atoms with Crippen LogP contribution in [0.2, 0.25) is 0 Å². The summed E-state index contributed by atoms with van der Waals surface area (Å²) in [6.07, 6.45) is 1.71. The molecule has 2 aromatic rings. The first kappa shape index (κ1) is 11.4. The van der Waals surface area contributed by atoms with Crippen molar-refractivity contribution in [3.63, 3.8) is 0 Å². The van der Waals surface area contributed by atoms with E-state index in [2.05, 4.69) is 5.32 Å². The second kappa shape index (κ2) is 5.27. The molecule has 2 rings (SSSR count). The lowest BCUT2D eigenvalue weighted by Gasteiger charge is -1.99. The van der Waals surface area contributed by atoms with E-state index in [9.17, 15) is 4.21 Å². The molecule has 0 radical (unpaired) electrons. The minimum atomic E-state index is -0.731. The third-order valence-corrected chi connectivity index (χ3v) is 3.12. The Labute approximate surface area is 97.3 Å². The first-order chi connectivity index (χ1) is 7.75. The highest BCUT2D eigenvalue weighted by atomic mass is 32.2. The summed E-state index contributed by atoms with van der Waals surface area (Å²) in [7, 11) is -0.731. The van der Waals surface area contributed by atoms with Crippen molar-refractivity contribution in [1.29, 1.82) is 0 Å². The van der Waals surface area contributed by atoms with Crippen molar-refractivity contribution in [3.05, 3.63) is 36.1 Å². The predicted molar refractivity (Wildman–Crippen MR) is 66.9 cm³/mol. The van der Waals surface area contributed by atoms with Gasteiger partial charge in [0.05, 0.1) is 6.54 Å². The van der Waals surface area contributed by atoms with Crippen LogP contribution in [0.3, 0.4) is 0 Å². The van der Waals surface area contributed by atoms with Gasteiger partial charge in [-0.3, -0.25) is 4.21 Å². The zero-order chi connectivity index (χ0) is 11.4. The van der Waals surface area contributed by atoms with Gasteiger partial charge >= 0.3 is 0 Å². The highest BCUT2D eigenvalue weighted by Crippen LogP contribution is 2.18. The van der Waals surface area contributed by atoms with Crippen molar-refractivity contribution < 1.29 is 8.63 Å². The van der Waals surface area contributed by atoms with Crippen LogP contribution >= 0.6 is 0 Å². The third-order valence-electron chi connectivity index (χ3n) is 2.34. The summed E-state index contributed by atoms with van der Waals surface area (Å²) < 4.78 is 16.5. The maximum absolute atomic E-state index is 10.8. The molecule has 0 aliphatic rings.